The van der Waals surface area contributed by atoms with Crippen molar-refractivity contribution in [3.63, 3.8) is 0 Å². The van der Waals surface area contributed by atoms with Gasteiger partial charge in [-0.05, 0) is 12.5 Å². The average molecular weight is 306 g/mol. The van der Waals surface area contributed by atoms with Crippen LogP contribution in [0.4, 0.5) is 4.39 Å². The third-order valence-electron chi connectivity index (χ3n) is 2.23. The van der Waals surface area contributed by atoms with Gasteiger partial charge in [0.15, 0.2) is 0 Å². The van der Waals surface area contributed by atoms with E-state index in [0.717, 1.165) is 12.4 Å². The summed E-state index contributed by atoms with van der Waals surface area (Å²) in [5, 5.41) is 17.3. The molecule has 0 radical (unpaired) electrons. The predicted octanol–water partition coefficient (Wildman–Crippen LogP) is -0.183. The number of carbonyl (C=O) groups is 2. The number of sulfonamides is 1. The maximum atomic E-state index is 12.9. The van der Waals surface area contributed by atoms with E-state index in [1.807, 2.05) is 0 Å². The van der Waals surface area contributed by atoms with E-state index in [2.05, 4.69) is 4.98 Å². The molecule has 20 heavy (non-hydrogen) atoms. The molecule has 3 N–H and O–H groups in total. The van der Waals surface area contributed by atoms with Crippen molar-refractivity contribution in [2.75, 3.05) is 0 Å². The van der Waals surface area contributed by atoms with E-state index in [9.17, 15) is 22.4 Å². The van der Waals surface area contributed by atoms with Gasteiger partial charge in [0.2, 0.25) is 10.0 Å². The van der Waals surface area contributed by atoms with Crippen molar-refractivity contribution in [3.8, 4) is 0 Å². The molecule has 0 saturated carbocycles. The van der Waals surface area contributed by atoms with Crippen LogP contribution >= 0.6 is 0 Å². The lowest BCUT2D eigenvalue weighted by Crippen LogP contribution is -2.41. The first-order valence-corrected chi connectivity index (χ1v) is 6.78. The Morgan fingerprint density at radius 3 is 2.50 bits per heavy atom. The van der Waals surface area contributed by atoms with Gasteiger partial charge in [-0.1, -0.05) is 0 Å². The van der Waals surface area contributed by atoms with E-state index in [1.165, 1.54) is 0 Å². The number of halogens is 1. The summed E-state index contributed by atoms with van der Waals surface area (Å²) in [7, 11) is -4.30. The van der Waals surface area contributed by atoms with Crippen molar-refractivity contribution in [1.82, 2.24) is 9.71 Å². The van der Waals surface area contributed by atoms with Crippen LogP contribution in [0.3, 0.4) is 0 Å². The van der Waals surface area contributed by atoms with Gasteiger partial charge in [0.05, 0.1) is 6.20 Å². The minimum absolute atomic E-state index is 0.438. The highest BCUT2D eigenvalue weighted by molar-refractivity contribution is 7.89. The van der Waals surface area contributed by atoms with Crippen LogP contribution in [-0.2, 0) is 19.6 Å². The first kappa shape index (κ1) is 16.0. The van der Waals surface area contributed by atoms with E-state index in [4.69, 9.17) is 10.2 Å². The van der Waals surface area contributed by atoms with E-state index >= 15 is 0 Å². The minimum atomic E-state index is -4.30. The summed E-state index contributed by atoms with van der Waals surface area (Å²) in [5.41, 5.74) is 0. The third kappa shape index (κ3) is 4.55. The Morgan fingerprint density at radius 1 is 1.35 bits per heavy atom. The number of pyridine rings is 1. The Labute approximate surface area is 113 Å². The molecule has 0 fully saturated rings. The number of nitrogens with one attached hydrogen (secondary N) is 1. The van der Waals surface area contributed by atoms with Crippen molar-refractivity contribution in [2.45, 2.75) is 23.8 Å². The summed E-state index contributed by atoms with van der Waals surface area (Å²) in [6.45, 7) is 0. The van der Waals surface area contributed by atoms with Crippen LogP contribution in [0.5, 0.6) is 0 Å². The number of carboxylic acids is 2. The number of carboxylic acid groups (broad SMARTS) is 2. The van der Waals surface area contributed by atoms with Crippen molar-refractivity contribution < 1.29 is 32.6 Å². The molecule has 0 aromatic carbocycles. The molecular formula is C10H11FN2O6S. The van der Waals surface area contributed by atoms with E-state index in [1.54, 1.807) is 4.72 Å². The number of aromatic nitrogens is 1. The zero-order valence-electron chi connectivity index (χ0n) is 9.98. The molecule has 1 heterocycles. The zero-order chi connectivity index (χ0) is 15.3. The second-order valence-corrected chi connectivity index (χ2v) is 5.50. The molecule has 1 unspecified atom stereocenters. The first-order chi connectivity index (χ1) is 9.22. The van der Waals surface area contributed by atoms with E-state index < -0.39 is 51.6 Å². The third-order valence-corrected chi connectivity index (χ3v) is 3.67. The summed E-state index contributed by atoms with van der Waals surface area (Å²) in [4.78, 5) is 24.1. The normalized spacial score (nSPS) is 12.8. The predicted molar refractivity (Wildman–Crippen MR) is 62.8 cm³/mol. The molecule has 1 atom stereocenters. The van der Waals surface area contributed by atoms with Gasteiger partial charge in [-0.3, -0.25) is 14.6 Å². The molecule has 1 rings (SSSR count). The van der Waals surface area contributed by atoms with E-state index in [-0.39, 0.29) is 0 Å². The fourth-order valence-electron chi connectivity index (χ4n) is 1.30. The molecule has 10 heteroatoms. The van der Waals surface area contributed by atoms with E-state index in [0.29, 0.717) is 6.07 Å². The molecule has 0 amide bonds. The van der Waals surface area contributed by atoms with Gasteiger partial charge in [0, 0.05) is 12.6 Å². The van der Waals surface area contributed by atoms with Gasteiger partial charge in [0.1, 0.15) is 16.8 Å². The van der Waals surface area contributed by atoms with Gasteiger partial charge in [-0.25, -0.2) is 12.8 Å². The van der Waals surface area contributed by atoms with Crippen LogP contribution in [0, 0.1) is 5.82 Å². The Balaban J connectivity index is 2.91. The monoisotopic (exact) mass is 306 g/mol. The molecule has 0 aliphatic carbocycles. The van der Waals surface area contributed by atoms with Crippen molar-refractivity contribution in [3.05, 3.63) is 24.3 Å². The highest BCUT2D eigenvalue weighted by Crippen LogP contribution is 2.10. The largest absolute Gasteiger partial charge is 0.481 e. The Bertz CT molecular complexity index is 618. The van der Waals surface area contributed by atoms with Gasteiger partial charge in [-0.2, -0.15) is 4.72 Å². The molecule has 0 saturated heterocycles. The SMILES string of the molecule is O=C(O)CCC(NS(=O)(=O)c1cncc(F)c1)C(=O)O. The number of hydrogen-bond donors (Lipinski definition) is 3. The maximum absolute atomic E-state index is 12.9. The lowest BCUT2D eigenvalue weighted by molar-refractivity contribution is -0.140. The van der Waals surface area contributed by atoms with Gasteiger partial charge in [-0.15, -0.1) is 0 Å². The summed E-state index contributed by atoms with van der Waals surface area (Å²) >= 11 is 0. The topological polar surface area (TPSA) is 134 Å². The molecular weight excluding hydrogens is 295 g/mol. The highest BCUT2D eigenvalue weighted by Gasteiger charge is 2.26. The summed E-state index contributed by atoms with van der Waals surface area (Å²) in [6.07, 6.45) is 0.674. The zero-order valence-corrected chi connectivity index (χ0v) is 10.8. The van der Waals surface area contributed by atoms with Crippen molar-refractivity contribution in [2.24, 2.45) is 0 Å². The number of hydrogen-bond acceptors (Lipinski definition) is 5. The van der Waals surface area contributed by atoms with Crippen LogP contribution in [0.1, 0.15) is 12.8 Å². The average Bonchev–Trinajstić information content (AvgIpc) is 2.34. The molecule has 1 aromatic rings. The summed E-state index contributed by atoms with van der Waals surface area (Å²) in [6, 6.07) is -0.954. The summed E-state index contributed by atoms with van der Waals surface area (Å²) < 4.78 is 38.3. The fraction of sp³-hybridized carbons (Fsp3) is 0.300. The quantitative estimate of drug-likeness (QED) is 0.636. The summed E-state index contributed by atoms with van der Waals surface area (Å²) in [5.74, 6) is -3.69. The molecule has 110 valence electrons. The molecule has 0 bridgehead atoms. The Morgan fingerprint density at radius 2 is 2.00 bits per heavy atom. The standard InChI is InChI=1S/C10H11FN2O6S/c11-6-3-7(5-12-4-6)20(18,19)13-8(10(16)17)1-2-9(14)15/h3-5,8,13H,1-2H2,(H,14,15)(H,16,17). The molecule has 1 aromatic heterocycles. The van der Waals surface area contributed by atoms with Crippen molar-refractivity contribution >= 4 is 22.0 Å². The Hall–Kier alpha value is -2.07. The Kier molecular flexibility index (Phi) is 5.11. The van der Waals surface area contributed by atoms with Gasteiger partial charge < -0.3 is 10.2 Å². The smallest absolute Gasteiger partial charge is 0.321 e. The fourth-order valence-corrected chi connectivity index (χ4v) is 2.49. The lowest BCUT2D eigenvalue weighted by Gasteiger charge is -2.13. The lowest BCUT2D eigenvalue weighted by atomic mass is 10.2. The van der Waals surface area contributed by atoms with Crippen LogP contribution < -0.4 is 4.72 Å². The maximum Gasteiger partial charge on any atom is 0.321 e. The van der Waals surface area contributed by atoms with Crippen LogP contribution in [0.25, 0.3) is 0 Å². The molecule has 0 aliphatic rings. The first-order valence-electron chi connectivity index (χ1n) is 5.30. The van der Waals surface area contributed by atoms with Crippen molar-refractivity contribution in [1.29, 1.82) is 0 Å². The van der Waals surface area contributed by atoms with Crippen LogP contribution in [0.15, 0.2) is 23.4 Å². The second-order valence-electron chi connectivity index (χ2n) is 3.78. The second kappa shape index (κ2) is 6.39. The molecule has 0 spiro atoms. The number of nitrogens with zero attached hydrogens (tertiary/aromatic N) is 1. The highest BCUT2D eigenvalue weighted by atomic mass is 32.2. The van der Waals surface area contributed by atoms with Gasteiger partial charge >= 0.3 is 11.9 Å². The molecule has 8 nitrogen and oxygen atoms in total. The van der Waals surface area contributed by atoms with Crippen LogP contribution in [-0.4, -0.2) is 41.6 Å². The number of aliphatic carboxylic acids is 2. The van der Waals surface area contributed by atoms with Gasteiger partial charge in [0.25, 0.3) is 0 Å². The minimum Gasteiger partial charge on any atom is -0.481 e. The molecule has 0 aliphatic heterocycles. The van der Waals surface area contributed by atoms with Crippen LogP contribution in [0.2, 0.25) is 0 Å². The number of rotatable bonds is 7.